The van der Waals surface area contributed by atoms with E-state index in [1.165, 1.54) is 21.8 Å². The van der Waals surface area contributed by atoms with Gasteiger partial charge in [-0.05, 0) is 65.2 Å². The molecule has 3 heterocycles. The van der Waals surface area contributed by atoms with Crippen molar-refractivity contribution in [3.05, 3.63) is 187 Å². The fourth-order valence-electron chi connectivity index (χ4n) is 7.60. The third-order valence-electron chi connectivity index (χ3n) is 10.0. The molecule has 0 aliphatic carbocycles. The van der Waals surface area contributed by atoms with Gasteiger partial charge in [0, 0.05) is 39.8 Å². The van der Waals surface area contributed by atoms with Crippen LogP contribution < -0.4 is 0 Å². The van der Waals surface area contributed by atoms with Gasteiger partial charge in [0.15, 0.2) is 5.84 Å². The fraction of sp³-hybridized carbons (Fsp3) is 0.0435. The van der Waals surface area contributed by atoms with Gasteiger partial charge in [0.05, 0.1) is 16.6 Å². The van der Waals surface area contributed by atoms with Crippen LogP contribution in [0.5, 0.6) is 0 Å². The molecule has 1 unspecified atom stereocenters. The molecule has 0 saturated heterocycles. The van der Waals surface area contributed by atoms with Crippen molar-refractivity contribution in [3.63, 3.8) is 0 Å². The van der Waals surface area contributed by atoms with Gasteiger partial charge in [0.1, 0.15) is 23.2 Å². The number of fused-ring (bicyclic) bond motifs is 6. The molecule has 0 bridgehead atoms. The molecular formula is C46H32N4O. The lowest BCUT2D eigenvalue weighted by Crippen LogP contribution is -2.35. The van der Waals surface area contributed by atoms with Crippen LogP contribution in [0.15, 0.2) is 184 Å². The van der Waals surface area contributed by atoms with Gasteiger partial charge in [-0.25, -0.2) is 9.98 Å². The minimum atomic E-state index is -0.233. The van der Waals surface area contributed by atoms with Crippen LogP contribution in [0.3, 0.4) is 0 Å². The Morgan fingerprint density at radius 1 is 0.529 bits per heavy atom. The molecule has 242 valence electrons. The normalized spacial score (nSPS) is 14.8. The van der Waals surface area contributed by atoms with Crippen molar-refractivity contribution < 1.29 is 4.42 Å². The molecule has 0 saturated carbocycles. The molecule has 1 atom stereocenters. The number of hydrogen-bond acceptors (Lipinski definition) is 4. The van der Waals surface area contributed by atoms with Crippen LogP contribution in [-0.4, -0.2) is 28.2 Å². The zero-order valence-electron chi connectivity index (χ0n) is 27.9. The van der Waals surface area contributed by atoms with Crippen LogP contribution in [0.4, 0.5) is 0 Å². The Bertz CT molecular complexity index is 2810. The average Bonchev–Trinajstić information content (AvgIpc) is 3.74. The highest BCUT2D eigenvalue weighted by molar-refractivity contribution is 6.19. The molecule has 7 aromatic carbocycles. The van der Waals surface area contributed by atoms with Gasteiger partial charge in [-0.15, -0.1) is 0 Å². The third-order valence-corrected chi connectivity index (χ3v) is 10.0. The Morgan fingerprint density at radius 2 is 1.20 bits per heavy atom. The van der Waals surface area contributed by atoms with Crippen molar-refractivity contribution >= 4 is 55.4 Å². The third kappa shape index (κ3) is 4.77. The fourth-order valence-corrected chi connectivity index (χ4v) is 7.60. The largest absolute Gasteiger partial charge is 0.455 e. The maximum absolute atomic E-state index is 6.76. The molecule has 5 heteroatoms. The molecule has 51 heavy (non-hydrogen) atoms. The number of rotatable bonds is 5. The van der Waals surface area contributed by atoms with E-state index in [4.69, 9.17) is 14.4 Å². The first-order valence-electron chi connectivity index (χ1n) is 17.3. The second-order valence-electron chi connectivity index (χ2n) is 13.1. The monoisotopic (exact) mass is 656 g/mol. The van der Waals surface area contributed by atoms with Gasteiger partial charge in [-0.3, -0.25) is 0 Å². The SMILES string of the molecule is CN1C(c2ccccc2)=NC(c2cccc3c2oc2cc(-c4ccc5c(c4)c4ccccc4n5-c4ccccc4)ccc23)=NC1c1ccccc1. The van der Waals surface area contributed by atoms with Crippen LogP contribution in [-0.2, 0) is 0 Å². The van der Waals surface area contributed by atoms with Crippen molar-refractivity contribution in [2.24, 2.45) is 9.98 Å². The highest BCUT2D eigenvalue weighted by Crippen LogP contribution is 2.38. The summed E-state index contributed by atoms with van der Waals surface area (Å²) in [6.45, 7) is 0. The maximum atomic E-state index is 6.76. The summed E-state index contributed by atoms with van der Waals surface area (Å²) in [5, 5.41) is 4.57. The van der Waals surface area contributed by atoms with Gasteiger partial charge in [0.25, 0.3) is 0 Å². The first-order chi connectivity index (χ1) is 25.2. The second-order valence-corrected chi connectivity index (χ2v) is 13.1. The number of nitrogens with zero attached hydrogens (tertiary/aromatic N) is 4. The van der Waals surface area contributed by atoms with E-state index in [1.807, 2.05) is 24.3 Å². The van der Waals surface area contributed by atoms with Gasteiger partial charge >= 0.3 is 0 Å². The Labute approximate surface area is 295 Å². The summed E-state index contributed by atoms with van der Waals surface area (Å²) < 4.78 is 9.11. The van der Waals surface area contributed by atoms with Crippen LogP contribution in [0.25, 0.3) is 60.6 Å². The van der Waals surface area contributed by atoms with Gasteiger partial charge in [-0.2, -0.15) is 0 Å². The van der Waals surface area contributed by atoms with E-state index >= 15 is 0 Å². The lowest BCUT2D eigenvalue weighted by molar-refractivity contribution is 0.383. The van der Waals surface area contributed by atoms with E-state index in [2.05, 4.69) is 162 Å². The van der Waals surface area contributed by atoms with Crippen molar-refractivity contribution in [1.82, 2.24) is 9.47 Å². The molecule has 5 nitrogen and oxygen atoms in total. The quantitative estimate of drug-likeness (QED) is 0.185. The maximum Gasteiger partial charge on any atom is 0.163 e. The summed E-state index contributed by atoms with van der Waals surface area (Å²) in [4.78, 5) is 12.6. The molecule has 9 aromatic rings. The van der Waals surface area contributed by atoms with Crippen molar-refractivity contribution in [3.8, 4) is 16.8 Å². The standard InChI is InChI=1S/C46H32N4O/c1-49-45(30-14-5-2-6-15-30)47-44(48-46(49)31-16-7-3-8-17-31)38-22-13-21-37-36-26-24-33(29-42(36)51-43(37)38)32-25-27-41-39(28-32)35-20-11-12-23-40(35)50(41)34-18-9-4-10-19-34/h2-29,45H,1H3. The summed E-state index contributed by atoms with van der Waals surface area (Å²) >= 11 is 0. The predicted molar refractivity (Wildman–Crippen MR) is 210 cm³/mol. The van der Waals surface area contributed by atoms with E-state index in [0.29, 0.717) is 5.84 Å². The highest BCUT2D eigenvalue weighted by Gasteiger charge is 2.28. The lowest BCUT2D eigenvalue weighted by atomic mass is 10.0. The molecule has 0 fully saturated rings. The van der Waals surface area contributed by atoms with Gasteiger partial charge in [-0.1, -0.05) is 121 Å². The van der Waals surface area contributed by atoms with E-state index in [1.54, 1.807) is 0 Å². The molecule has 0 radical (unpaired) electrons. The van der Waals surface area contributed by atoms with E-state index in [0.717, 1.165) is 61.3 Å². The molecule has 2 aromatic heterocycles. The summed E-state index contributed by atoms with van der Waals surface area (Å²) in [7, 11) is 2.06. The van der Waals surface area contributed by atoms with Crippen LogP contribution in [0.2, 0.25) is 0 Å². The number of aliphatic imine (C=N–C) groups is 2. The lowest BCUT2D eigenvalue weighted by Gasteiger charge is -2.32. The van der Waals surface area contributed by atoms with E-state index in [9.17, 15) is 0 Å². The Hall–Kier alpha value is -6.72. The minimum absolute atomic E-state index is 0.233. The van der Waals surface area contributed by atoms with E-state index < -0.39 is 0 Å². The van der Waals surface area contributed by atoms with Crippen LogP contribution in [0, 0.1) is 0 Å². The smallest absolute Gasteiger partial charge is 0.163 e. The number of amidine groups is 2. The van der Waals surface area contributed by atoms with Crippen LogP contribution in [0.1, 0.15) is 22.9 Å². The zero-order valence-corrected chi connectivity index (χ0v) is 27.9. The van der Waals surface area contributed by atoms with Crippen LogP contribution >= 0.6 is 0 Å². The number of para-hydroxylation sites is 3. The summed E-state index contributed by atoms with van der Waals surface area (Å²) in [5.74, 6) is 1.53. The molecule has 1 aliphatic rings. The number of furan rings is 1. The van der Waals surface area contributed by atoms with Crippen molar-refractivity contribution in [2.75, 3.05) is 7.05 Å². The minimum Gasteiger partial charge on any atom is -0.455 e. The zero-order chi connectivity index (χ0) is 33.9. The summed E-state index contributed by atoms with van der Waals surface area (Å²) in [5.41, 5.74) is 10.4. The highest BCUT2D eigenvalue weighted by atomic mass is 16.3. The van der Waals surface area contributed by atoms with Gasteiger partial charge in [0.2, 0.25) is 0 Å². The van der Waals surface area contributed by atoms with E-state index in [-0.39, 0.29) is 6.17 Å². The Balaban J connectivity index is 1.11. The molecule has 10 rings (SSSR count). The predicted octanol–water partition coefficient (Wildman–Crippen LogP) is 11.2. The topological polar surface area (TPSA) is 46.0 Å². The molecule has 0 spiro atoms. The van der Waals surface area contributed by atoms with Gasteiger partial charge < -0.3 is 13.9 Å². The number of hydrogen-bond donors (Lipinski definition) is 0. The van der Waals surface area contributed by atoms with Crippen molar-refractivity contribution in [1.29, 1.82) is 0 Å². The summed E-state index contributed by atoms with van der Waals surface area (Å²) in [6.07, 6.45) is -0.233. The first-order valence-corrected chi connectivity index (χ1v) is 17.3. The average molecular weight is 657 g/mol. The first kappa shape index (κ1) is 29.2. The summed E-state index contributed by atoms with van der Waals surface area (Å²) in [6, 6.07) is 59.5. The molecular weight excluding hydrogens is 625 g/mol. The molecule has 1 aliphatic heterocycles. The number of benzene rings is 7. The molecule has 0 N–H and O–H groups in total. The Kier molecular flexibility index (Phi) is 6.71. The molecule has 0 amide bonds. The number of aromatic nitrogens is 1. The second kappa shape index (κ2) is 11.7. The Morgan fingerprint density at radius 3 is 2.02 bits per heavy atom. The van der Waals surface area contributed by atoms with Crippen molar-refractivity contribution in [2.45, 2.75) is 6.17 Å².